The van der Waals surface area contributed by atoms with Gasteiger partial charge in [0.1, 0.15) is 5.75 Å². The standard InChI is InChI=1S/C16H21BrN2O3/c1-22-15-9(3-2-4-11(15)17)5-6-18-16(21)14-10-7-12(19-14)13(20)8-10/h2-4,10,12-14,19-20H,5-8H2,1H3,(H,18,21)/t10-,12+,13+,14+/m0/s1. The predicted molar refractivity (Wildman–Crippen MR) is 86.9 cm³/mol. The van der Waals surface area contributed by atoms with Crippen molar-refractivity contribution in [1.82, 2.24) is 10.6 Å². The van der Waals surface area contributed by atoms with Crippen molar-refractivity contribution in [3.63, 3.8) is 0 Å². The molecule has 0 aromatic heterocycles. The lowest BCUT2D eigenvalue weighted by Gasteiger charge is -2.25. The topological polar surface area (TPSA) is 70.6 Å². The molecule has 1 saturated carbocycles. The highest BCUT2D eigenvalue weighted by Gasteiger charge is 2.47. The minimum atomic E-state index is -0.292. The molecule has 5 nitrogen and oxygen atoms in total. The van der Waals surface area contributed by atoms with Crippen LogP contribution in [0.4, 0.5) is 0 Å². The molecule has 1 aromatic carbocycles. The van der Waals surface area contributed by atoms with E-state index in [4.69, 9.17) is 4.74 Å². The number of carbonyl (C=O) groups excluding carboxylic acids is 1. The number of fused-ring (bicyclic) bond motifs is 2. The fourth-order valence-electron chi connectivity index (χ4n) is 3.57. The van der Waals surface area contributed by atoms with Gasteiger partial charge < -0.3 is 20.5 Å². The van der Waals surface area contributed by atoms with Crippen molar-refractivity contribution in [3.05, 3.63) is 28.2 Å². The van der Waals surface area contributed by atoms with Gasteiger partial charge >= 0.3 is 0 Å². The molecule has 1 saturated heterocycles. The van der Waals surface area contributed by atoms with Crippen LogP contribution in [0.5, 0.6) is 5.75 Å². The first-order valence-electron chi connectivity index (χ1n) is 7.63. The van der Waals surface area contributed by atoms with Gasteiger partial charge in [-0.05, 0) is 52.7 Å². The van der Waals surface area contributed by atoms with Gasteiger partial charge in [0.05, 0.1) is 23.7 Å². The van der Waals surface area contributed by atoms with Crippen LogP contribution in [0.1, 0.15) is 18.4 Å². The number of carbonyl (C=O) groups is 1. The van der Waals surface area contributed by atoms with Crippen LogP contribution >= 0.6 is 15.9 Å². The minimum Gasteiger partial charge on any atom is -0.495 e. The fourth-order valence-corrected chi connectivity index (χ4v) is 4.14. The van der Waals surface area contributed by atoms with E-state index in [9.17, 15) is 9.90 Å². The minimum absolute atomic E-state index is 0.0355. The van der Waals surface area contributed by atoms with Crippen molar-refractivity contribution < 1.29 is 14.6 Å². The Balaban J connectivity index is 1.52. The van der Waals surface area contributed by atoms with Crippen molar-refractivity contribution in [1.29, 1.82) is 0 Å². The highest BCUT2D eigenvalue weighted by molar-refractivity contribution is 9.10. The van der Waals surface area contributed by atoms with Crippen molar-refractivity contribution in [2.45, 2.75) is 37.5 Å². The molecule has 1 aliphatic carbocycles. The molecule has 3 rings (SSSR count). The highest BCUT2D eigenvalue weighted by Crippen LogP contribution is 2.35. The first-order chi connectivity index (χ1) is 10.6. The summed E-state index contributed by atoms with van der Waals surface area (Å²) in [4.78, 5) is 12.3. The third kappa shape index (κ3) is 3.00. The lowest BCUT2D eigenvalue weighted by molar-refractivity contribution is -0.124. The predicted octanol–water partition coefficient (Wildman–Crippen LogP) is 1.23. The second-order valence-corrected chi connectivity index (χ2v) is 6.88. The summed E-state index contributed by atoms with van der Waals surface area (Å²) in [6.07, 6.45) is 2.06. The van der Waals surface area contributed by atoms with Crippen LogP contribution in [0.3, 0.4) is 0 Å². The molecule has 2 aliphatic rings. The van der Waals surface area contributed by atoms with Gasteiger partial charge in [-0.1, -0.05) is 12.1 Å². The average Bonchev–Trinajstić information content (AvgIpc) is 3.06. The monoisotopic (exact) mass is 368 g/mol. The van der Waals surface area contributed by atoms with Crippen molar-refractivity contribution in [2.24, 2.45) is 5.92 Å². The van der Waals surface area contributed by atoms with E-state index in [0.717, 1.165) is 35.0 Å². The van der Waals surface area contributed by atoms with Crippen LogP contribution in [0.25, 0.3) is 0 Å². The molecule has 1 aliphatic heterocycles. The molecule has 4 atom stereocenters. The Morgan fingerprint density at radius 1 is 1.50 bits per heavy atom. The second-order valence-electron chi connectivity index (χ2n) is 6.02. The smallest absolute Gasteiger partial charge is 0.237 e. The van der Waals surface area contributed by atoms with Gasteiger partial charge in [-0.2, -0.15) is 0 Å². The van der Waals surface area contributed by atoms with Crippen LogP contribution in [0.15, 0.2) is 22.7 Å². The molecule has 120 valence electrons. The largest absolute Gasteiger partial charge is 0.495 e. The van der Waals surface area contributed by atoms with E-state index < -0.39 is 0 Å². The van der Waals surface area contributed by atoms with Gasteiger partial charge in [0.15, 0.2) is 0 Å². The van der Waals surface area contributed by atoms with Crippen LogP contribution in [0.2, 0.25) is 0 Å². The van der Waals surface area contributed by atoms with Gasteiger partial charge in [-0.25, -0.2) is 0 Å². The number of methoxy groups -OCH3 is 1. The maximum atomic E-state index is 12.3. The number of aliphatic hydroxyl groups is 1. The Kier molecular flexibility index (Phi) is 4.70. The molecule has 3 N–H and O–H groups in total. The molecule has 1 heterocycles. The summed E-state index contributed by atoms with van der Waals surface area (Å²) in [6, 6.07) is 5.83. The summed E-state index contributed by atoms with van der Waals surface area (Å²) in [6.45, 7) is 0.573. The number of rotatable bonds is 5. The van der Waals surface area contributed by atoms with Crippen molar-refractivity contribution in [2.75, 3.05) is 13.7 Å². The Morgan fingerprint density at radius 2 is 2.32 bits per heavy atom. The van der Waals surface area contributed by atoms with E-state index in [1.165, 1.54) is 0 Å². The van der Waals surface area contributed by atoms with E-state index in [2.05, 4.69) is 26.6 Å². The molecule has 1 aromatic rings. The summed E-state index contributed by atoms with van der Waals surface area (Å²) >= 11 is 3.46. The summed E-state index contributed by atoms with van der Waals surface area (Å²) in [5.41, 5.74) is 1.06. The molecule has 2 fully saturated rings. The zero-order valence-electron chi connectivity index (χ0n) is 12.5. The molecule has 0 radical (unpaired) electrons. The number of halogens is 1. The van der Waals surface area contributed by atoms with Crippen LogP contribution < -0.4 is 15.4 Å². The third-order valence-corrected chi connectivity index (χ3v) is 5.28. The maximum absolute atomic E-state index is 12.3. The van der Waals surface area contributed by atoms with Crippen LogP contribution in [-0.4, -0.2) is 42.9 Å². The van der Waals surface area contributed by atoms with Crippen molar-refractivity contribution in [3.8, 4) is 5.75 Å². The van der Waals surface area contributed by atoms with Gasteiger partial charge in [-0.3, -0.25) is 4.79 Å². The Labute approximate surface area is 138 Å². The number of nitrogens with one attached hydrogen (secondary N) is 2. The normalized spacial score (nSPS) is 29.6. The van der Waals surface area contributed by atoms with Crippen LogP contribution in [-0.2, 0) is 11.2 Å². The van der Waals surface area contributed by atoms with E-state index in [-0.39, 0.29) is 30.0 Å². The molecule has 2 bridgehead atoms. The molecule has 6 heteroatoms. The number of piperidine rings is 1. The summed E-state index contributed by atoms with van der Waals surface area (Å²) in [5, 5.41) is 15.9. The lowest BCUT2D eigenvalue weighted by atomic mass is 9.98. The SMILES string of the molecule is COc1c(Br)cccc1CCNC(=O)[C@@H]1N[C@@H]2C[C@H]1C[C@H]2O. The number of ether oxygens (including phenoxy) is 1. The molecular formula is C16H21BrN2O3. The molecular weight excluding hydrogens is 348 g/mol. The number of hydrogen-bond donors (Lipinski definition) is 3. The average molecular weight is 369 g/mol. The maximum Gasteiger partial charge on any atom is 0.237 e. The lowest BCUT2D eigenvalue weighted by Crippen LogP contribution is -2.51. The van der Waals surface area contributed by atoms with Gasteiger partial charge in [0.2, 0.25) is 5.91 Å². The zero-order chi connectivity index (χ0) is 15.7. The fraction of sp³-hybridized carbons (Fsp3) is 0.562. The summed E-state index contributed by atoms with van der Waals surface area (Å²) in [5.74, 6) is 1.12. The third-order valence-electron chi connectivity index (χ3n) is 4.66. The highest BCUT2D eigenvalue weighted by atomic mass is 79.9. The Morgan fingerprint density at radius 3 is 2.95 bits per heavy atom. The zero-order valence-corrected chi connectivity index (χ0v) is 14.1. The summed E-state index contributed by atoms with van der Waals surface area (Å²) in [7, 11) is 1.65. The van der Waals surface area contributed by atoms with Gasteiger partial charge in [-0.15, -0.1) is 0 Å². The molecule has 1 amide bonds. The number of aliphatic hydroxyl groups excluding tert-OH is 1. The Hall–Kier alpha value is -1.11. The quantitative estimate of drug-likeness (QED) is 0.730. The Bertz CT molecular complexity index is 564. The van der Waals surface area contributed by atoms with E-state index >= 15 is 0 Å². The first kappa shape index (κ1) is 15.8. The van der Waals surface area contributed by atoms with E-state index in [0.29, 0.717) is 6.54 Å². The van der Waals surface area contributed by atoms with Gasteiger partial charge in [0, 0.05) is 12.6 Å². The van der Waals surface area contributed by atoms with Crippen molar-refractivity contribution >= 4 is 21.8 Å². The second kappa shape index (κ2) is 6.56. The molecule has 0 unspecified atom stereocenters. The molecule has 22 heavy (non-hydrogen) atoms. The number of benzene rings is 1. The molecule has 0 spiro atoms. The first-order valence-corrected chi connectivity index (χ1v) is 8.42. The van der Waals surface area contributed by atoms with E-state index in [1.54, 1.807) is 7.11 Å². The summed E-state index contributed by atoms with van der Waals surface area (Å²) < 4.78 is 6.30. The number of hydrogen-bond acceptors (Lipinski definition) is 4. The number of amides is 1. The van der Waals surface area contributed by atoms with Gasteiger partial charge in [0.25, 0.3) is 0 Å². The van der Waals surface area contributed by atoms with Crippen LogP contribution in [0, 0.1) is 5.92 Å². The van der Waals surface area contributed by atoms with E-state index in [1.807, 2.05) is 18.2 Å². The number of para-hydroxylation sites is 1.